The van der Waals surface area contributed by atoms with Gasteiger partial charge in [0.05, 0.1) is 0 Å². The number of hydrogen-bond acceptors (Lipinski definition) is 0. The van der Waals surface area contributed by atoms with Crippen molar-refractivity contribution in [2.75, 3.05) is 0 Å². The monoisotopic (exact) mass is 298 g/mol. The normalized spacial score (nSPS) is 11.1. The van der Waals surface area contributed by atoms with Crippen molar-refractivity contribution in [3.05, 3.63) is 0 Å². The lowest BCUT2D eigenvalue weighted by Crippen LogP contribution is -1.90. The minimum Gasteiger partial charge on any atom is -0.0654 e. The van der Waals surface area contributed by atoms with Crippen LogP contribution in [0.2, 0.25) is 0 Å². The van der Waals surface area contributed by atoms with Gasteiger partial charge in [-0.3, -0.25) is 0 Å². The Balaban J connectivity index is 0. The fourth-order valence-electron chi connectivity index (χ4n) is 2.44. The van der Waals surface area contributed by atoms with E-state index in [1.54, 1.807) is 0 Å². The molecule has 0 unspecified atom stereocenters. The second kappa shape index (κ2) is 18.1. The molecule has 0 aromatic carbocycles. The Hall–Kier alpha value is 0. The summed E-state index contributed by atoms with van der Waals surface area (Å²) >= 11 is 0. The van der Waals surface area contributed by atoms with Gasteiger partial charge in [0.1, 0.15) is 0 Å². The third-order valence-corrected chi connectivity index (χ3v) is 3.95. The zero-order chi connectivity index (χ0) is 16.5. The Kier molecular flexibility index (Phi) is 20.0. The summed E-state index contributed by atoms with van der Waals surface area (Å²) in [5.74, 6) is 2.69. The van der Waals surface area contributed by atoms with Crippen molar-refractivity contribution in [3.63, 3.8) is 0 Å². The summed E-state index contributed by atoms with van der Waals surface area (Å²) < 4.78 is 0. The van der Waals surface area contributed by atoms with Gasteiger partial charge in [0, 0.05) is 0 Å². The van der Waals surface area contributed by atoms with Crippen molar-refractivity contribution in [3.8, 4) is 0 Å². The smallest absolute Gasteiger partial charge is 0.0471 e. The van der Waals surface area contributed by atoms with Crippen molar-refractivity contribution < 1.29 is 0 Å². The van der Waals surface area contributed by atoms with Gasteiger partial charge in [0.15, 0.2) is 0 Å². The van der Waals surface area contributed by atoms with Gasteiger partial charge in [-0.2, -0.15) is 0 Å². The highest BCUT2D eigenvalue weighted by molar-refractivity contribution is 4.49. The van der Waals surface area contributed by atoms with Crippen LogP contribution < -0.4 is 0 Å². The molecular weight excluding hydrogens is 252 g/mol. The van der Waals surface area contributed by atoms with E-state index >= 15 is 0 Å². The molecule has 0 heterocycles. The molecule has 0 heteroatoms. The zero-order valence-corrected chi connectivity index (χ0v) is 16.5. The number of hydrogen-bond donors (Lipinski definition) is 0. The standard InChI is InChI=1S/C11H24.C10H22/c1-4-5-6-7-8-9-10-11(2)3;1-9(2)7-5-6-8-10(3)4/h11H,4-10H2,1-3H3;9-10H,5-8H2,1-4H3. The summed E-state index contributed by atoms with van der Waals surface area (Å²) in [6.07, 6.45) is 15.7. The van der Waals surface area contributed by atoms with E-state index < -0.39 is 0 Å². The van der Waals surface area contributed by atoms with Gasteiger partial charge >= 0.3 is 0 Å². The summed E-state index contributed by atoms with van der Waals surface area (Å²) in [4.78, 5) is 0. The lowest BCUT2D eigenvalue weighted by atomic mass is 10.0. The zero-order valence-electron chi connectivity index (χ0n) is 16.5. The first kappa shape index (κ1) is 23.3. The highest BCUT2D eigenvalue weighted by Crippen LogP contribution is 2.12. The number of rotatable bonds is 12. The van der Waals surface area contributed by atoms with Crippen LogP contribution in [0.4, 0.5) is 0 Å². The van der Waals surface area contributed by atoms with Crippen LogP contribution in [-0.2, 0) is 0 Å². The maximum absolute atomic E-state index is 2.31. The molecule has 0 N–H and O–H groups in total. The van der Waals surface area contributed by atoms with Crippen molar-refractivity contribution in [1.29, 1.82) is 0 Å². The van der Waals surface area contributed by atoms with E-state index in [4.69, 9.17) is 0 Å². The first-order valence-corrected chi connectivity index (χ1v) is 9.90. The van der Waals surface area contributed by atoms with E-state index in [0.717, 1.165) is 17.8 Å². The Labute approximate surface area is 137 Å². The van der Waals surface area contributed by atoms with E-state index in [0.29, 0.717) is 0 Å². The minimum atomic E-state index is 0.896. The second-order valence-corrected chi connectivity index (χ2v) is 8.02. The lowest BCUT2D eigenvalue weighted by Gasteiger charge is -2.05. The summed E-state index contributed by atoms with van der Waals surface area (Å²) in [5, 5.41) is 0. The average Bonchev–Trinajstić information content (AvgIpc) is 2.39. The Morgan fingerprint density at radius 2 is 0.714 bits per heavy atom. The fraction of sp³-hybridized carbons (Fsp3) is 1.00. The molecule has 0 aliphatic heterocycles. The third-order valence-electron chi connectivity index (χ3n) is 3.95. The van der Waals surface area contributed by atoms with Crippen molar-refractivity contribution >= 4 is 0 Å². The van der Waals surface area contributed by atoms with Crippen molar-refractivity contribution in [2.45, 2.75) is 119 Å². The molecule has 0 rings (SSSR count). The Morgan fingerprint density at radius 1 is 0.429 bits per heavy atom. The highest BCUT2D eigenvalue weighted by atomic mass is 14.0. The van der Waals surface area contributed by atoms with E-state index in [1.165, 1.54) is 70.6 Å². The van der Waals surface area contributed by atoms with E-state index in [9.17, 15) is 0 Å². The second-order valence-electron chi connectivity index (χ2n) is 8.02. The van der Waals surface area contributed by atoms with Crippen LogP contribution in [0.3, 0.4) is 0 Å². The lowest BCUT2D eigenvalue weighted by molar-refractivity contribution is 0.483. The van der Waals surface area contributed by atoms with Gasteiger partial charge in [0.2, 0.25) is 0 Å². The van der Waals surface area contributed by atoms with Gasteiger partial charge < -0.3 is 0 Å². The van der Waals surface area contributed by atoms with E-state index in [2.05, 4.69) is 48.5 Å². The molecular formula is C21H46. The topological polar surface area (TPSA) is 0 Å². The Bertz CT molecular complexity index is 157. The van der Waals surface area contributed by atoms with Crippen LogP contribution in [0.1, 0.15) is 119 Å². The molecule has 0 fully saturated rings. The van der Waals surface area contributed by atoms with Gasteiger partial charge in [-0.25, -0.2) is 0 Å². The van der Waals surface area contributed by atoms with Gasteiger partial charge in [-0.1, -0.05) is 119 Å². The number of unbranched alkanes of at least 4 members (excludes halogenated alkanes) is 6. The summed E-state index contributed by atoms with van der Waals surface area (Å²) in [6.45, 7) is 16.1. The maximum atomic E-state index is 2.31. The average molecular weight is 299 g/mol. The minimum absolute atomic E-state index is 0.896. The molecule has 0 aromatic heterocycles. The van der Waals surface area contributed by atoms with Crippen LogP contribution in [-0.4, -0.2) is 0 Å². The predicted molar refractivity (Wildman–Crippen MR) is 101 cm³/mol. The predicted octanol–water partition coefficient (Wildman–Crippen LogP) is 8.25. The molecule has 0 saturated heterocycles. The highest BCUT2D eigenvalue weighted by Gasteiger charge is 1.96. The van der Waals surface area contributed by atoms with Crippen molar-refractivity contribution in [1.82, 2.24) is 0 Å². The molecule has 130 valence electrons. The van der Waals surface area contributed by atoms with Crippen LogP contribution in [0.5, 0.6) is 0 Å². The molecule has 21 heavy (non-hydrogen) atoms. The van der Waals surface area contributed by atoms with Crippen LogP contribution in [0, 0.1) is 17.8 Å². The molecule has 0 radical (unpaired) electrons. The molecule has 0 atom stereocenters. The molecule has 0 amide bonds. The summed E-state index contributed by atoms with van der Waals surface area (Å²) in [6, 6.07) is 0. The van der Waals surface area contributed by atoms with Gasteiger partial charge in [0.25, 0.3) is 0 Å². The molecule has 0 aliphatic rings. The van der Waals surface area contributed by atoms with Gasteiger partial charge in [-0.05, 0) is 17.8 Å². The van der Waals surface area contributed by atoms with Crippen LogP contribution >= 0.6 is 0 Å². The first-order valence-electron chi connectivity index (χ1n) is 9.90. The SMILES string of the molecule is CC(C)CCCCC(C)C.CCCCCCCCC(C)C. The van der Waals surface area contributed by atoms with E-state index in [1.807, 2.05) is 0 Å². The van der Waals surface area contributed by atoms with Crippen molar-refractivity contribution in [2.24, 2.45) is 17.8 Å². The molecule has 0 bridgehead atoms. The molecule has 0 spiro atoms. The quantitative estimate of drug-likeness (QED) is 0.318. The maximum Gasteiger partial charge on any atom is -0.0471 e. The van der Waals surface area contributed by atoms with E-state index in [-0.39, 0.29) is 0 Å². The summed E-state index contributed by atoms with van der Waals surface area (Å²) in [7, 11) is 0. The fourth-order valence-corrected chi connectivity index (χ4v) is 2.44. The van der Waals surface area contributed by atoms with Gasteiger partial charge in [-0.15, -0.1) is 0 Å². The first-order chi connectivity index (χ1) is 9.90. The molecule has 0 aromatic rings. The van der Waals surface area contributed by atoms with Crippen LogP contribution in [0.25, 0.3) is 0 Å². The molecule has 0 saturated carbocycles. The Morgan fingerprint density at radius 3 is 1.05 bits per heavy atom. The summed E-state index contributed by atoms with van der Waals surface area (Å²) in [5.41, 5.74) is 0. The largest absolute Gasteiger partial charge is 0.0654 e. The third kappa shape index (κ3) is 28.8. The molecule has 0 nitrogen and oxygen atoms in total. The van der Waals surface area contributed by atoms with Crippen LogP contribution in [0.15, 0.2) is 0 Å². The molecule has 0 aliphatic carbocycles.